The summed E-state index contributed by atoms with van der Waals surface area (Å²) in [5, 5.41) is 2.69. The zero-order valence-electron chi connectivity index (χ0n) is 10.7. The van der Waals surface area contributed by atoms with Crippen LogP contribution in [0.2, 0.25) is 0 Å². The lowest BCUT2D eigenvalue weighted by Crippen LogP contribution is -2.24. The van der Waals surface area contributed by atoms with Crippen molar-refractivity contribution in [1.29, 1.82) is 0 Å². The molecule has 1 heterocycles. The molecule has 1 N–H and O–H groups in total. The fourth-order valence-corrected chi connectivity index (χ4v) is 2.32. The zero-order valence-corrected chi connectivity index (χ0v) is 10.7. The van der Waals surface area contributed by atoms with Crippen LogP contribution in [0.5, 0.6) is 5.75 Å². The van der Waals surface area contributed by atoms with Gasteiger partial charge in [-0.2, -0.15) is 0 Å². The third-order valence-corrected chi connectivity index (χ3v) is 3.57. The number of benzene rings is 1. The molecule has 0 spiro atoms. The summed E-state index contributed by atoms with van der Waals surface area (Å²) < 4.78 is 5.75. The molecule has 0 aliphatic carbocycles. The third-order valence-electron chi connectivity index (χ3n) is 3.57. The zero-order chi connectivity index (χ0) is 12.4. The molecule has 3 heteroatoms. The number of nitrogens with one attached hydrogen (secondary N) is 1. The summed E-state index contributed by atoms with van der Waals surface area (Å²) >= 11 is 0. The van der Waals surface area contributed by atoms with E-state index in [2.05, 4.69) is 31.3 Å². The number of carbonyl (C=O) groups excluding carboxylic acids is 1. The molecule has 1 aromatic carbocycles. The van der Waals surface area contributed by atoms with Crippen LogP contribution in [-0.4, -0.2) is 19.6 Å². The molecule has 0 radical (unpaired) electrons. The molecule has 0 aromatic heterocycles. The minimum absolute atomic E-state index is 0.0982. The second-order valence-corrected chi connectivity index (χ2v) is 4.64. The number of carbonyl (C=O) groups is 1. The normalized spacial score (nSPS) is 18.2. The van der Waals surface area contributed by atoms with Gasteiger partial charge in [-0.25, -0.2) is 0 Å². The quantitative estimate of drug-likeness (QED) is 0.851. The van der Waals surface area contributed by atoms with Gasteiger partial charge in [-0.05, 0) is 42.9 Å². The van der Waals surface area contributed by atoms with Gasteiger partial charge in [-0.3, -0.25) is 4.79 Å². The Morgan fingerprint density at radius 2 is 2.24 bits per heavy atom. The number of amides is 1. The van der Waals surface area contributed by atoms with Gasteiger partial charge in [0.1, 0.15) is 5.75 Å². The minimum Gasteiger partial charge on any atom is -0.493 e. The lowest BCUT2D eigenvalue weighted by Gasteiger charge is -2.27. The lowest BCUT2D eigenvalue weighted by molar-refractivity contribution is -0.121. The van der Waals surface area contributed by atoms with Crippen molar-refractivity contribution in [1.82, 2.24) is 5.32 Å². The van der Waals surface area contributed by atoms with Crippen molar-refractivity contribution in [2.75, 3.05) is 13.7 Å². The smallest absolute Gasteiger partial charge is 0.220 e. The van der Waals surface area contributed by atoms with E-state index in [-0.39, 0.29) is 11.8 Å². The first-order chi connectivity index (χ1) is 8.13. The highest BCUT2D eigenvalue weighted by molar-refractivity contribution is 5.76. The molecule has 0 fully saturated rings. The molecule has 0 saturated carbocycles. The summed E-state index contributed by atoms with van der Waals surface area (Å²) in [5.41, 5.74) is 3.62. The molecule has 2 rings (SSSR count). The predicted molar refractivity (Wildman–Crippen MR) is 67.5 cm³/mol. The fourth-order valence-electron chi connectivity index (χ4n) is 2.32. The van der Waals surface area contributed by atoms with Crippen LogP contribution in [0.1, 0.15) is 35.4 Å². The van der Waals surface area contributed by atoms with E-state index >= 15 is 0 Å². The first-order valence-corrected chi connectivity index (χ1v) is 6.07. The van der Waals surface area contributed by atoms with E-state index < -0.39 is 0 Å². The highest BCUT2D eigenvalue weighted by atomic mass is 16.5. The molecule has 1 atom stereocenters. The molecule has 3 nitrogen and oxygen atoms in total. The fraction of sp³-hybridized carbons (Fsp3) is 0.500. The molecular weight excluding hydrogens is 214 g/mol. The maximum atomic E-state index is 11.5. The van der Waals surface area contributed by atoms with Gasteiger partial charge < -0.3 is 10.1 Å². The molecule has 1 amide bonds. The third kappa shape index (κ3) is 2.28. The predicted octanol–water partition coefficient (Wildman–Crippen LogP) is 2.31. The Labute approximate surface area is 102 Å². The Morgan fingerprint density at radius 3 is 2.94 bits per heavy atom. The molecule has 1 aliphatic heterocycles. The van der Waals surface area contributed by atoms with Crippen LogP contribution in [0.25, 0.3) is 0 Å². The van der Waals surface area contributed by atoms with Gasteiger partial charge in [0.15, 0.2) is 0 Å². The van der Waals surface area contributed by atoms with Crippen molar-refractivity contribution in [3.8, 4) is 5.75 Å². The van der Waals surface area contributed by atoms with Crippen molar-refractivity contribution >= 4 is 5.91 Å². The van der Waals surface area contributed by atoms with Gasteiger partial charge in [0.2, 0.25) is 5.91 Å². The molecule has 1 aromatic rings. The molecule has 1 aliphatic rings. The molecule has 0 saturated heterocycles. The topological polar surface area (TPSA) is 38.3 Å². The Hall–Kier alpha value is -1.51. The van der Waals surface area contributed by atoms with Crippen LogP contribution in [0.3, 0.4) is 0 Å². The van der Waals surface area contributed by atoms with Crippen LogP contribution < -0.4 is 10.1 Å². The van der Waals surface area contributed by atoms with E-state index in [0.717, 1.165) is 12.2 Å². The van der Waals surface area contributed by atoms with Gasteiger partial charge in [0.05, 0.1) is 6.61 Å². The SMILES string of the molecule is CNC(=O)CC1CCOc2c1ccc(C)c2C. The Balaban J connectivity index is 2.32. The number of fused-ring (bicyclic) bond motifs is 1. The van der Waals surface area contributed by atoms with Gasteiger partial charge in [0, 0.05) is 13.5 Å². The number of hydrogen-bond acceptors (Lipinski definition) is 2. The Kier molecular flexibility index (Phi) is 3.36. The largest absolute Gasteiger partial charge is 0.493 e. The van der Waals surface area contributed by atoms with Crippen LogP contribution >= 0.6 is 0 Å². The summed E-state index contributed by atoms with van der Waals surface area (Å²) in [7, 11) is 1.68. The van der Waals surface area contributed by atoms with Crippen molar-refractivity contribution in [3.05, 3.63) is 28.8 Å². The van der Waals surface area contributed by atoms with E-state index in [4.69, 9.17) is 4.74 Å². The first kappa shape index (κ1) is 12.0. The summed E-state index contributed by atoms with van der Waals surface area (Å²) in [4.78, 5) is 11.5. The van der Waals surface area contributed by atoms with Gasteiger partial charge in [0.25, 0.3) is 0 Å². The number of aryl methyl sites for hydroxylation is 1. The van der Waals surface area contributed by atoms with E-state index in [1.807, 2.05) is 0 Å². The van der Waals surface area contributed by atoms with Gasteiger partial charge in [-0.15, -0.1) is 0 Å². The Morgan fingerprint density at radius 1 is 1.47 bits per heavy atom. The van der Waals surface area contributed by atoms with Crippen LogP contribution in [0.4, 0.5) is 0 Å². The summed E-state index contributed by atoms with van der Waals surface area (Å²) in [6, 6.07) is 4.21. The maximum absolute atomic E-state index is 11.5. The van der Waals surface area contributed by atoms with E-state index in [0.29, 0.717) is 13.0 Å². The van der Waals surface area contributed by atoms with Crippen LogP contribution in [0, 0.1) is 13.8 Å². The van der Waals surface area contributed by atoms with Crippen molar-refractivity contribution in [2.45, 2.75) is 32.6 Å². The number of rotatable bonds is 2. The Bertz CT molecular complexity index is 440. The highest BCUT2D eigenvalue weighted by Crippen LogP contribution is 2.38. The molecule has 1 unspecified atom stereocenters. The second-order valence-electron chi connectivity index (χ2n) is 4.64. The van der Waals surface area contributed by atoms with E-state index in [1.165, 1.54) is 16.7 Å². The number of hydrogen-bond donors (Lipinski definition) is 1. The first-order valence-electron chi connectivity index (χ1n) is 6.07. The van der Waals surface area contributed by atoms with E-state index in [9.17, 15) is 4.79 Å². The summed E-state index contributed by atoms with van der Waals surface area (Å²) in [6.45, 7) is 4.87. The molecule has 92 valence electrons. The molecule has 0 bridgehead atoms. The van der Waals surface area contributed by atoms with Gasteiger partial charge in [-0.1, -0.05) is 12.1 Å². The van der Waals surface area contributed by atoms with Crippen LogP contribution in [0.15, 0.2) is 12.1 Å². The summed E-state index contributed by atoms with van der Waals surface area (Å²) in [6.07, 6.45) is 1.47. The van der Waals surface area contributed by atoms with Gasteiger partial charge >= 0.3 is 0 Å². The second kappa shape index (κ2) is 4.78. The van der Waals surface area contributed by atoms with Crippen molar-refractivity contribution < 1.29 is 9.53 Å². The minimum atomic E-state index is 0.0982. The average Bonchev–Trinajstić information content (AvgIpc) is 2.34. The number of ether oxygens (including phenoxy) is 1. The monoisotopic (exact) mass is 233 g/mol. The molecular formula is C14H19NO2. The lowest BCUT2D eigenvalue weighted by atomic mass is 9.87. The standard InChI is InChI=1S/C14H19NO2/c1-9-4-5-12-11(8-13(16)15-3)6-7-17-14(12)10(9)2/h4-5,11H,6-8H2,1-3H3,(H,15,16). The highest BCUT2D eigenvalue weighted by Gasteiger charge is 2.25. The maximum Gasteiger partial charge on any atom is 0.220 e. The summed E-state index contributed by atoms with van der Waals surface area (Å²) in [5.74, 6) is 1.38. The van der Waals surface area contributed by atoms with Crippen molar-refractivity contribution in [3.63, 3.8) is 0 Å². The average molecular weight is 233 g/mol. The van der Waals surface area contributed by atoms with E-state index in [1.54, 1.807) is 7.05 Å². The van der Waals surface area contributed by atoms with Crippen LogP contribution in [-0.2, 0) is 4.79 Å². The van der Waals surface area contributed by atoms with Crippen molar-refractivity contribution in [2.24, 2.45) is 0 Å². The molecule has 17 heavy (non-hydrogen) atoms.